The average molecular weight is 306 g/mol. The molecule has 0 aliphatic rings. The minimum absolute atomic E-state index is 0.128. The van der Waals surface area contributed by atoms with Crippen LogP contribution in [0.25, 0.3) is 0 Å². The van der Waals surface area contributed by atoms with Gasteiger partial charge in [0.2, 0.25) is 0 Å². The predicted octanol–water partition coefficient (Wildman–Crippen LogP) is 3.69. The fourth-order valence-corrected chi connectivity index (χ4v) is 2.19. The highest BCUT2D eigenvalue weighted by atomic mass is 35.5. The lowest BCUT2D eigenvalue weighted by atomic mass is 9.85. The van der Waals surface area contributed by atoms with Crippen molar-refractivity contribution in [1.29, 1.82) is 0 Å². The van der Waals surface area contributed by atoms with Gasteiger partial charge in [0.25, 0.3) is 0 Å². The molecule has 2 rings (SSSR count). The van der Waals surface area contributed by atoms with Crippen LogP contribution in [0.1, 0.15) is 25.0 Å². The molecule has 0 spiro atoms. The van der Waals surface area contributed by atoms with Gasteiger partial charge in [-0.25, -0.2) is 10.8 Å². The van der Waals surface area contributed by atoms with Gasteiger partial charge in [-0.1, -0.05) is 37.6 Å². The second-order valence-corrected chi connectivity index (χ2v) is 6.04. The lowest BCUT2D eigenvalue weighted by molar-refractivity contribution is 0.239. The molecule has 0 unspecified atom stereocenters. The number of anilines is 1. The Bertz CT molecular complexity index is 611. The summed E-state index contributed by atoms with van der Waals surface area (Å²) in [5.74, 6) is 6.83. The Morgan fingerprint density at radius 2 is 1.90 bits per heavy atom. The molecule has 0 radical (unpaired) electrons. The normalized spacial score (nSPS) is 11.3. The van der Waals surface area contributed by atoms with E-state index in [0.717, 1.165) is 16.3 Å². The number of hydrazine groups is 1. The van der Waals surface area contributed by atoms with Crippen molar-refractivity contribution in [3.63, 3.8) is 0 Å². The number of rotatable bonds is 5. The number of benzene rings is 1. The number of nitrogens with two attached hydrogens (primary N) is 1. The molecule has 2 aromatic rings. The molecule has 112 valence electrons. The number of hydrogen-bond donors (Lipinski definition) is 2. The second kappa shape index (κ2) is 6.33. The minimum Gasteiger partial charge on any atom is -0.492 e. The van der Waals surface area contributed by atoms with Crippen LogP contribution < -0.4 is 16.0 Å². The maximum Gasteiger partial charge on any atom is 0.146 e. The lowest BCUT2D eigenvalue weighted by Crippen LogP contribution is -2.26. The van der Waals surface area contributed by atoms with E-state index in [9.17, 15) is 0 Å². The fraction of sp³-hybridized carbons (Fsp3) is 0.312. The zero-order chi connectivity index (χ0) is 15.5. The van der Waals surface area contributed by atoms with Crippen molar-refractivity contribution in [3.8, 4) is 5.75 Å². The Morgan fingerprint density at radius 1 is 1.24 bits per heavy atom. The van der Waals surface area contributed by atoms with E-state index in [2.05, 4.69) is 24.3 Å². The van der Waals surface area contributed by atoms with Crippen LogP contribution in [0.5, 0.6) is 5.75 Å². The zero-order valence-corrected chi connectivity index (χ0v) is 13.2. The number of aromatic nitrogens is 1. The van der Waals surface area contributed by atoms with Crippen molar-refractivity contribution in [3.05, 3.63) is 52.7 Å². The third-order valence-corrected chi connectivity index (χ3v) is 3.76. The Hall–Kier alpha value is -1.78. The first-order chi connectivity index (χ1) is 9.94. The Kier molecular flexibility index (Phi) is 4.70. The largest absolute Gasteiger partial charge is 0.492 e. The van der Waals surface area contributed by atoms with Gasteiger partial charge in [0, 0.05) is 22.2 Å². The van der Waals surface area contributed by atoms with Gasteiger partial charge in [0.05, 0.1) is 6.61 Å². The van der Waals surface area contributed by atoms with Gasteiger partial charge in [0.1, 0.15) is 11.6 Å². The molecule has 1 aromatic heterocycles. The van der Waals surface area contributed by atoms with E-state index in [1.165, 1.54) is 5.56 Å². The first-order valence-electron chi connectivity index (χ1n) is 6.75. The molecule has 0 aliphatic carbocycles. The molecule has 21 heavy (non-hydrogen) atoms. The maximum absolute atomic E-state index is 5.96. The van der Waals surface area contributed by atoms with E-state index >= 15 is 0 Å². The monoisotopic (exact) mass is 305 g/mol. The topological polar surface area (TPSA) is 60.2 Å². The summed E-state index contributed by atoms with van der Waals surface area (Å²) in [6.45, 7) is 6.74. The molecule has 5 heteroatoms. The molecule has 0 atom stereocenters. The highest BCUT2D eigenvalue weighted by Crippen LogP contribution is 2.28. The average Bonchev–Trinajstić information content (AvgIpc) is 2.47. The van der Waals surface area contributed by atoms with E-state index in [-0.39, 0.29) is 5.41 Å². The maximum atomic E-state index is 5.96. The molecular formula is C16H20ClN3O. The van der Waals surface area contributed by atoms with Gasteiger partial charge >= 0.3 is 0 Å². The van der Waals surface area contributed by atoms with Crippen molar-refractivity contribution >= 4 is 17.4 Å². The molecule has 0 saturated heterocycles. The lowest BCUT2D eigenvalue weighted by Gasteiger charge is -2.26. The highest BCUT2D eigenvalue weighted by molar-refractivity contribution is 6.30. The van der Waals surface area contributed by atoms with Crippen LogP contribution in [-0.4, -0.2) is 11.6 Å². The number of nitrogens with zero attached hydrogens (tertiary/aromatic N) is 1. The summed E-state index contributed by atoms with van der Waals surface area (Å²) in [7, 11) is 0. The van der Waals surface area contributed by atoms with Crippen LogP contribution in [0.2, 0.25) is 5.02 Å². The van der Waals surface area contributed by atoms with Crippen molar-refractivity contribution in [2.45, 2.75) is 26.2 Å². The SMILES string of the molecule is Cc1c(OCC(C)(C)c2ccc(Cl)cc2)ccnc1NN. The fourth-order valence-electron chi connectivity index (χ4n) is 2.06. The Labute approximate surface area is 130 Å². The molecule has 0 amide bonds. The van der Waals surface area contributed by atoms with Crippen LogP contribution in [-0.2, 0) is 5.41 Å². The summed E-state index contributed by atoms with van der Waals surface area (Å²) in [6.07, 6.45) is 1.67. The summed E-state index contributed by atoms with van der Waals surface area (Å²) in [6, 6.07) is 9.68. The van der Waals surface area contributed by atoms with E-state index in [1.807, 2.05) is 37.3 Å². The molecule has 1 heterocycles. The van der Waals surface area contributed by atoms with Gasteiger partial charge in [-0.3, -0.25) is 0 Å². The number of hydrogen-bond acceptors (Lipinski definition) is 4. The van der Waals surface area contributed by atoms with Gasteiger partial charge in [-0.05, 0) is 30.7 Å². The standard InChI is InChI=1S/C16H20ClN3O/c1-11-14(8-9-19-15(11)20-18)21-10-16(2,3)12-4-6-13(17)7-5-12/h4-9H,10,18H2,1-3H3,(H,19,20). The van der Waals surface area contributed by atoms with E-state index in [4.69, 9.17) is 22.2 Å². The van der Waals surface area contributed by atoms with Gasteiger partial charge in [0.15, 0.2) is 0 Å². The van der Waals surface area contributed by atoms with Crippen molar-refractivity contribution in [2.24, 2.45) is 5.84 Å². The van der Waals surface area contributed by atoms with Gasteiger partial charge in [-0.2, -0.15) is 0 Å². The van der Waals surface area contributed by atoms with Crippen LogP contribution >= 0.6 is 11.6 Å². The van der Waals surface area contributed by atoms with Crippen molar-refractivity contribution < 1.29 is 4.74 Å². The molecule has 4 nitrogen and oxygen atoms in total. The Balaban J connectivity index is 2.13. The number of nitrogens with one attached hydrogen (secondary N) is 1. The summed E-state index contributed by atoms with van der Waals surface area (Å²) in [5, 5.41) is 0.735. The van der Waals surface area contributed by atoms with Crippen LogP contribution in [0.3, 0.4) is 0 Å². The summed E-state index contributed by atoms with van der Waals surface area (Å²) >= 11 is 5.93. The summed E-state index contributed by atoms with van der Waals surface area (Å²) in [5.41, 5.74) is 4.51. The number of nitrogen functional groups attached to an aromatic ring is 1. The zero-order valence-electron chi connectivity index (χ0n) is 12.5. The minimum atomic E-state index is -0.128. The number of ether oxygens (including phenoxy) is 1. The first-order valence-corrected chi connectivity index (χ1v) is 7.13. The predicted molar refractivity (Wildman–Crippen MR) is 86.8 cm³/mol. The van der Waals surface area contributed by atoms with E-state index in [1.54, 1.807) is 6.20 Å². The first kappa shape index (κ1) is 15.6. The van der Waals surface area contributed by atoms with Crippen LogP contribution in [0, 0.1) is 6.92 Å². The van der Waals surface area contributed by atoms with E-state index < -0.39 is 0 Å². The second-order valence-electron chi connectivity index (χ2n) is 5.61. The van der Waals surface area contributed by atoms with Crippen molar-refractivity contribution in [2.75, 3.05) is 12.0 Å². The molecule has 0 fully saturated rings. The third kappa shape index (κ3) is 3.65. The highest BCUT2D eigenvalue weighted by Gasteiger charge is 2.22. The van der Waals surface area contributed by atoms with E-state index in [0.29, 0.717) is 12.4 Å². The van der Waals surface area contributed by atoms with Gasteiger partial charge < -0.3 is 10.2 Å². The van der Waals surface area contributed by atoms with Crippen LogP contribution in [0.15, 0.2) is 36.5 Å². The van der Waals surface area contributed by atoms with Gasteiger partial charge in [-0.15, -0.1) is 0 Å². The molecule has 0 saturated carbocycles. The quantitative estimate of drug-likeness (QED) is 0.653. The summed E-state index contributed by atoms with van der Waals surface area (Å²) in [4.78, 5) is 4.14. The molecule has 0 bridgehead atoms. The number of pyridine rings is 1. The molecular weight excluding hydrogens is 286 g/mol. The summed E-state index contributed by atoms with van der Waals surface area (Å²) < 4.78 is 5.96. The molecule has 0 aliphatic heterocycles. The molecule has 3 N–H and O–H groups in total. The smallest absolute Gasteiger partial charge is 0.146 e. The molecule has 1 aromatic carbocycles. The van der Waals surface area contributed by atoms with Crippen LogP contribution in [0.4, 0.5) is 5.82 Å². The Morgan fingerprint density at radius 3 is 2.52 bits per heavy atom. The number of halogens is 1. The van der Waals surface area contributed by atoms with Crippen molar-refractivity contribution in [1.82, 2.24) is 4.98 Å². The third-order valence-electron chi connectivity index (χ3n) is 3.51.